The molecule has 0 amide bonds. The summed E-state index contributed by atoms with van der Waals surface area (Å²) < 4.78 is 0. The van der Waals surface area contributed by atoms with Crippen LogP contribution in [0.25, 0.3) is 20.9 Å². The lowest BCUT2D eigenvalue weighted by Gasteiger charge is -2.05. The summed E-state index contributed by atoms with van der Waals surface area (Å²) in [6, 6.07) is 16.6. The number of hydrogen-bond acceptors (Lipinski definition) is 4. The molecule has 6 nitrogen and oxygen atoms in total. The van der Waals surface area contributed by atoms with Gasteiger partial charge in [0.1, 0.15) is 0 Å². The van der Waals surface area contributed by atoms with Gasteiger partial charge in [0.2, 0.25) is 0 Å². The second-order valence-corrected chi connectivity index (χ2v) is 8.59. The molecule has 0 saturated heterocycles. The van der Waals surface area contributed by atoms with Crippen molar-refractivity contribution in [3.8, 4) is 0 Å². The number of thioether (sulfide) groups is 2. The van der Waals surface area contributed by atoms with Crippen molar-refractivity contribution in [2.45, 2.75) is 25.9 Å². The average molecular weight is 413 g/mol. The molecule has 0 atom stereocenters. The summed E-state index contributed by atoms with van der Waals surface area (Å²) in [6.07, 6.45) is 2.14. The van der Waals surface area contributed by atoms with Crippen LogP contribution in [-0.2, 0) is 25.9 Å². The summed E-state index contributed by atoms with van der Waals surface area (Å²) in [5.41, 5.74) is 21.4. The third-order valence-corrected chi connectivity index (χ3v) is 6.35. The minimum absolute atomic E-state index is 0.419. The number of benzene rings is 2. The maximum atomic E-state index is 8.34. The van der Waals surface area contributed by atoms with Crippen LogP contribution in [0.15, 0.2) is 58.8 Å². The zero-order chi connectivity index (χ0) is 19.9. The Labute approximate surface area is 174 Å². The minimum atomic E-state index is 0.419. The topological polar surface area (TPSA) is 97.5 Å². The molecular weight excluding hydrogens is 388 g/mol. The Kier molecular flexibility index (Phi) is 10.9. The molecule has 0 unspecified atom stereocenters. The minimum Gasteiger partial charge on any atom is -0.161 e. The van der Waals surface area contributed by atoms with Gasteiger partial charge in [-0.1, -0.05) is 58.8 Å². The standard InChI is InChI=1S/C20H24N6S2/c21-25-23-15-19-5-1-17(2-6-19)9-11-27-13-14-28-12-10-18-3-7-20(8-4-18)16-24-26-22/h1-8H,9-16H2. The van der Waals surface area contributed by atoms with Crippen LogP contribution in [0, 0.1) is 0 Å². The van der Waals surface area contributed by atoms with Gasteiger partial charge in [0.05, 0.1) is 13.1 Å². The Bertz CT molecular complexity index is 725. The first kappa shape index (κ1) is 22.1. The molecule has 0 spiro atoms. The van der Waals surface area contributed by atoms with E-state index in [1.54, 1.807) is 0 Å². The maximum Gasteiger partial charge on any atom is 0.0510 e. The van der Waals surface area contributed by atoms with E-state index in [-0.39, 0.29) is 0 Å². The zero-order valence-corrected chi connectivity index (χ0v) is 17.4. The summed E-state index contributed by atoms with van der Waals surface area (Å²) in [6.45, 7) is 0.839. The molecule has 0 aliphatic carbocycles. The molecule has 2 rings (SSSR count). The Hall–Kier alpha value is -2.24. The van der Waals surface area contributed by atoms with E-state index in [1.165, 1.54) is 22.6 Å². The van der Waals surface area contributed by atoms with Crippen molar-refractivity contribution in [1.82, 2.24) is 0 Å². The lowest BCUT2D eigenvalue weighted by molar-refractivity contribution is 1.04. The molecule has 0 aliphatic rings. The van der Waals surface area contributed by atoms with Crippen LogP contribution in [0.1, 0.15) is 22.3 Å². The number of hydrogen-bond donors (Lipinski definition) is 0. The molecule has 0 saturated carbocycles. The monoisotopic (exact) mass is 412 g/mol. The molecule has 0 bridgehead atoms. The van der Waals surface area contributed by atoms with E-state index in [2.05, 4.69) is 44.3 Å². The van der Waals surface area contributed by atoms with Crippen LogP contribution in [0.4, 0.5) is 0 Å². The molecule has 0 aromatic heterocycles. The summed E-state index contributed by atoms with van der Waals surface area (Å²) in [7, 11) is 0. The van der Waals surface area contributed by atoms with Gasteiger partial charge in [-0.25, -0.2) is 0 Å². The quantitative estimate of drug-likeness (QED) is 0.161. The van der Waals surface area contributed by atoms with Gasteiger partial charge >= 0.3 is 0 Å². The first-order chi connectivity index (χ1) is 13.8. The first-order valence-electron chi connectivity index (χ1n) is 9.14. The van der Waals surface area contributed by atoms with Gasteiger partial charge in [0, 0.05) is 21.3 Å². The SMILES string of the molecule is [N-]=[N+]=NCc1ccc(CCSCCSCCc2ccc(CN=[N+]=[N-])cc2)cc1. The van der Waals surface area contributed by atoms with E-state index in [4.69, 9.17) is 11.1 Å². The highest BCUT2D eigenvalue weighted by Gasteiger charge is 1.98. The molecule has 8 heteroatoms. The van der Waals surface area contributed by atoms with Gasteiger partial charge < -0.3 is 0 Å². The highest BCUT2D eigenvalue weighted by molar-refractivity contribution is 8.02. The van der Waals surface area contributed by atoms with Crippen LogP contribution in [-0.4, -0.2) is 23.0 Å². The van der Waals surface area contributed by atoms with Crippen molar-refractivity contribution >= 4 is 23.5 Å². The highest BCUT2D eigenvalue weighted by atomic mass is 32.2. The third kappa shape index (κ3) is 9.11. The van der Waals surface area contributed by atoms with Crippen LogP contribution >= 0.6 is 23.5 Å². The normalized spacial score (nSPS) is 10.1. The molecule has 2 aromatic rings. The Morgan fingerprint density at radius 3 is 1.29 bits per heavy atom. The largest absolute Gasteiger partial charge is 0.161 e. The fourth-order valence-corrected chi connectivity index (χ4v) is 4.66. The molecular formula is C20H24N6S2. The Balaban J connectivity index is 1.51. The summed E-state index contributed by atoms with van der Waals surface area (Å²) in [4.78, 5) is 5.56. The predicted octanol–water partition coefficient (Wildman–Crippen LogP) is 6.56. The van der Waals surface area contributed by atoms with Gasteiger partial charge in [0.25, 0.3) is 0 Å². The molecule has 28 heavy (non-hydrogen) atoms. The third-order valence-electron chi connectivity index (χ3n) is 4.12. The van der Waals surface area contributed by atoms with Crippen LogP contribution in [0.3, 0.4) is 0 Å². The van der Waals surface area contributed by atoms with Gasteiger partial charge in [0.15, 0.2) is 0 Å². The molecule has 0 aliphatic heterocycles. The van der Waals surface area contributed by atoms with E-state index in [1.807, 2.05) is 47.8 Å². The van der Waals surface area contributed by atoms with Crippen LogP contribution in [0.2, 0.25) is 0 Å². The molecule has 146 valence electrons. The smallest absolute Gasteiger partial charge is 0.0510 e. The lowest BCUT2D eigenvalue weighted by Crippen LogP contribution is -1.95. The molecule has 0 heterocycles. The van der Waals surface area contributed by atoms with Crippen molar-refractivity contribution in [2.75, 3.05) is 23.0 Å². The van der Waals surface area contributed by atoms with Gasteiger partial charge in [-0.15, -0.1) is 0 Å². The molecule has 0 fully saturated rings. The van der Waals surface area contributed by atoms with Crippen molar-refractivity contribution in [2.24, 2.45) is 10.2 Å². The first-order valence-corrected chi connectivity index (χ1v) is 11.5. The van der Waals surface area contributed by atoms with E-state index in [0.717, 1.165) is 35.5 Å². The number of nitrogens with zero attached hydrogens (tertiary/aromatic N) is 6. The van der Waals surface area contributed by atoms with Crippen molar-refractivity contribution in [3.05, 3.63) is 91.7 Å². The Morgan fingerprint density at radius 2 is 0.929 bits per heavy atom. The van der Waals surface area contributed by atoms with Crippen molar-refractivity contribution in [3.63, 3.8) is 0 Å². The molecule has 0 N–H and O–H groups in total. The number of azide groups is 2. The Morgan fingerprint density at radius 1 is 0.571 bits per heavy atom. The summed E-state index contributed by atoms with van der Waals surface area (Å²) in [5.74, 6) is 4.60. The molecule has 0 radical (unpaired) electrons. The average Bonchev–Trinajstić information content (AvgIpc) is 2.74. The van der Waals surface area contributed by atoms with Gasteiger partial charge in [-0.2, -0.15) is 23.5 Å². The van der Waals surface area contributed by atoms with E-state index in [9.17, 15) is 0 Å². The zero-order valence-electron chi connectivity index (χ0n) is 15.8. The summed E-state index contributed by atoms with van der Waals surface area (Å²) in [5, 5.41) is 7.15. The fourth-order valence-electron chi connectivity index (χ4n) is 2.55. The van der Waals surface area contributed by atoms with Crippen molar-refractivity contribution < 1.29 is 0 Å². The second kappa shape index (κ2) is 13.9. The van der Waals surface area contributed by atoms with E-state index >= 15 is 0 Å². The predicted molar refractivity (Wildman–Crippen MR) is 121 cm³/mol. The van der Waals surface area contributed by atoms with Gasteiger partial charge in [-0.05, 0) is 57.7 Å². The fraction of sp³-hybridized carbons (Fsp3) is 0.400. The van der Waals surface area contributed by atoms with E-state index in [0.29, 0.717) is 13.1 Å². The maximum absolute atomic E-state index is 8.34. The van der Waals surface area contributed by atoms with E-state index < -0.39 is 0 Å². The van der Waals surface area contributed by atoms with Gasteiger partial charge in [-0.3, -0.25) is 0 Å². The van der Waals surface area contributed by atoms with Crippen LogP contribution in [0.5, 0.6) is 0 Å². The molecule has 2 aromatic carbocycles. The van der Waals surface area contributed by atoms with Crippen LogP contribution < -0.4 is 0 Å². The van der Waals surface area contributed by atoms with Crippen molar-refractivity contribution in [1.29, 1.82) is 0 Å². The number of rotatable bonds is 13. The second-order valence-electron chi connectivity index (χ2n) is 6.14. The summed E-state index contributed by atoms with van der Waals surface area (Å²) >= 11 is 3.99. The lowest BCUT2D eigenvalue weighted by atomic mass is 10.1. The highest BCUT2D eigenvalue weighted by Crippen LogP contribution is 2.14. The number of aryl methyl sites for hydroxylation is 2.